The summed E-state index contributed by atoms with van der Waals surface area (Å²) in [7, 11) is -3.50. The summed E-state index contributed by atoms with van der Waals surface area (Å²) in [4.78, 5) is 11.5. The van der Waals surface area contributed by atoms with Crippen LogP contribution >= 0.6 is 0 Å². The lowest BCUT2D eigenvalue weighted by Crippen LogP contribution is -2.27. The molecule has 0 heterocycles. The number of benzene rings is 1. The lowest BCUT2D eigenvalue weighted by molar-refractivity contribution is -0.118. The zero-order valence-corrected chi connectivity index (χ0v) is 11.7. The van der Waals surface area contributed by atoms with Crippen LogP contribution in [0.1, 0.15) is 24.8 Å². The number of carbonyl (C=O) groups excluding carboxylic acids is 1. The van der Waals surface area contributed by atoms with Gasteiger partial charge in [-0.05, 0) is 25.5 Å². The molecule has 0 aromatic heterocycles. The summed E-state index contributed by atoms with van der Waals surface area (Å²) >= 11 is 0. The first-order chi connectivity index (χ1) is 8.97. The summed E-state index contributed by atoms with van der Waals surface area (Å²) in [6.45, 7) is 2.12. The molecule has 0 atom stereocenters. The molecule has 1 aliphatic carbocycles. The highest BCUT2D eigenvalue weighted by atomic mass is 32.2. The third-order valence-corrected chi connectivity index (χ3v) is 4.52. The van der Waals surface area contributed by atoms with Crippen molar-refractivity contribution < 1.29 is 13.2 Å². The van der Waals surface area contributed by atoms with Gasteiger partial charge in [0.15, 0.2) is 0 Å². The molecule has 0 saturated heterocycles. The second-order valence-electron chi connectivity index (χ2n) is 4.75. The number of nitrogens with one attached hydrogen (secondary N) is 1. The van der Waals surface area contributed by atoms with Gasteiger partial charge in [-0.2, -0.15) is 0 Å². The van der Waals surface area contributed by atoms with E-state index in [1.54, 1.807) is 24.3 Å². The Labute approximate surface area is 113 Å². The van der Waals surface area contributed by atoms with Crippen LogP contribution in [0.3, 0.4) is 0 Å². The van der Waals surface area contributed by atoms with Crippen LogP contribution in [0.15, 0.2) is 40.8 Å². The number of ketones is 1. The van der Waals surface area contributed by atoms with Gasteiger partial charge in [0.25, 0.3) is 0 Å². The molecule has 2 rings (SSSR count). The maximum absolute atomic E-state index is 12.0. The molecule has 102 valence electrons. The Morgan fingerprint density at radius 3 is 2.53 bits per heavy atom. The third kappa shape index (κ3) is 3.75. The number of allylic oxidation sites excluding steroid dienone is 1. The van der Waals surface area contributed by atoms with Gasteiger partial charge in [-0.3, -0.25) is 4.79 Å². The van der Waals surface area contributed by atoms with Gasteiger partial charge in [-0.15, -0.1) is 0 Å². The van der Waals surface area contributed by atoms with E-state index in [1.807, 2.05) is 13.0 Å². The van der Waals surface area contributed by atoms with Crippen LogP contribution < -0.4 is 4.72 Å². The first-order valence-corrected chi connectivity index (χ1v) is 7.71. The zero-order valence-electron chi connectivity index (χ0n) is 10.8. The van der Waals surface area contributed by atoms with Crippen LogP contribution in [0.4, 0.5) is 0 Å². The van der Waals surface area contributed by atoms with Crippen molar-refractivity contribution in [3.8, 4) is 0 Å². The van der Waals surface area contributed by atoms with Crippen molar-refractivity contribution in [2.75, 3.05) is 6.54 Å². The Balaban J connectivity index is 2.04. The van der Waals surface area contributed by atoms with E-state index < -0.39 is 10.0 Å². The average molecular weight is 279 g/mol. The fourth-order valence-electron chi connectivity index (χ4n) is 1.97. The Bertz CT molecular complexity index is 600. The smallest absolute Gasteiger partial charge is 0.240 e. The van der Waals surface area contributed by atoms with Gasteiger partial charge in [0.2, 0.25) is 10.0 Å². The van der Waals surface area contributed by atoms with E-state index in [-0.39, 0.29) is 17.2 Å². The number of carbonyl (C=O) groups is 1. The van der Waals surface area contributed by atoms with Gasteiger partial charge in [0.05, 0.1) is 4.90 Å². The third-order valence-electron chi connectivity index (χ3n) is 3.10. The Hall–Kier alpha value is -1.46. The molecule has 0 fully saturated rings. The number of hydrogen-bond acceptors (Lipinski definition) is 3. The second kappa shape index (κ2) is 5.67. The van der Waals surface area contributed by atoms with Crippen LogP contribution in [0.25, 0.3) is 0 Å². The molecule has 0 saturated carbocycles. The molecule has 4 nitrogen and oxygen atoms in total. The summed E-state index contributed by atoms with van der Waals surface area (Å²) in [6.07, 6.45) is 3.57. The maximum atomic E-state index is 12.0. The molecule has 19 heavy (non-hydrogen) atoms. The van der Waals surface area contributed by atoms with Gasteiger partial charge in [-0.25, -0.2) is 13.1 Å². The molecular weight excluding hydrogens is 262 g/mol. The first kappa shape index (κ1) is 14.0. The SMILES string of the molecule is Cc1ccc(S(=O)(=O)NCC2=CCCC(=O)C2)cc1. The average Bonchev–Trinajstić information content (AvgIpc) is 2.37. The largest absolute Gasteiger partial charge is 0.299 e. The highest BCUT2D eigenvalue weighted by Crippen LogP contribution is 2.15. The predicted molar refractivity (Wildman–Crippen MR) is 73.3 cm³/mol. The minimum atomic E-state index is -3.50. The highest BCUT2D eigenvalue weighted by Gasteiger charge is 2.16. The Morgan fingerprint density at radius 2 is 1.89 bits per heavy atom. The summed E-state index contributed by atoms with van der Waals surface area (Å²) < 4.78 is 26.6. The maximum Gasteiger partial charge on any atom is 0.240 e. The number of aryl methyl sites for hydroxylation is 1. The van der Waals surface area contributed by atoms with Crippen molar-refractivity contribution in [3.05, 3.63) is 41.5 Å². The van der Waals surface area contributed by atoms with Gasteiger partial charge >= 0.3 is 0 Å². The molecule has 0 bridgehead atoms. The van der Waals surface area contributed by atoms with E-state index in [1.165, 1.54) is 0 Å². The van der Waals surface area contributed by atoms with Gasteiger partial charge in [0.1, 0.15) is 5.78 Å². The lowest BCUT2D eigenvalue weighted by atomic mass is 9.99. The molecule has 5 heteroatoms. The second-order valence-corrected chi connectivity index (χ2v) is 6.52. The summed E-state index contributed by atoms with van der Waals surface area (Å²) in [5.41, 5.74) is 1.87. The molecule has 0 spiro atoms. The van der Waals surface area contributed by atoms with Gasteiger partial charge < -0.3 is 0 Å². The van der Waals surface area contributed by atoms with Gasteiger partial charge in [0, 0.05) is 19.4 Å². The minimum Gasteiger partial charge on any atom is -0.299 e. The predicted octanol–water partition coefficient (Wildman–Crippen LogP) is 1.95. The summed E-state index contributed by atoms with van der Waals surface area (Å²) in [5.74, 6) is 0.173. The fourth-order valence-corrected chi connectivity index (χ4v) is 3.01. The molecule has 0 radical (unpaired) electrons. The molecular formula is C14H17NO3S. The van der Waals surface area contributed by atoms with Crippen LogP contribution in [-0.2, 0) is 14.8 Å². The van der Waals surface area contributed by atoms with Crippen molar-refractivity contribution in [1.29, 1.82) is 0 Å². The van der Waals surface area contributed by atoms with E-state index in [2.05, 4.69) is 4.72 Å². The number of rotatable bonds is 4. The van der Waals surface area contributed by atoms with Crippen LogP contribution in [0.5, 0.6) is 0 Å². The first-order valence-electron chi connectivity index (χ1n) is 6.23. The van der Waals surface area contributed by atoms with E-state index >= 15 is 0 Å². The molecule has 1 aliphatic rings. The van der Waals surface area contributed by atoms with Crippen LogP contribution in [-0.4, -0.2) is 20.7 Å². The highest BCUT2D eigenvalue weighted by molar-refractivity contribution is 7.89. The Kier molecular flexibility index (Phi) is 4.17. The molecule has 1 N–H and O–H groups in total. The number of Topliss-reactive ketones (excluding diaryl/α,β-unsaturated/α-hetero) is 1. The Morgan fingerprint density at radius 1 is 1.21 bits per heavy atom. The lowest BCUT2D eigenvalue weighted by Gasteiger charge is -2.13. The molecule has 1 aromatic carbocycles. The molecule has 1 aromatic rings. The minimum absolute atomic E-state index is 0.173. The van der Waals surface area contributed by atoms with Crippen molar-refractivity contribution >= 4 is 15.8 Å². The fraction of sp³-hybridized carbons (Fsp3) is 0.357. The standard InChI is InChI=1S/C14H17NO3S/c1-11-5-7-14(8-6-11)19(17,18)15-10-12-3-2-4-13(16)9-12/h3,5-8,15H,2,4,9-10H2,1H3. The topological polar surface area (TPSA) is 63.2 Å². The van der Waals surface area contributed by atoms with E-state index in [0.717, 1.165) is 11.1 Å². The van der Waals surface area contributed by atoms with Crippen molar-refractivity contribution in [1.82, 2.24) is 4.72 Å². The van der Waals surface area contributed by atoms with E-state index in [9.17, 15) is 13.2 Å². The van der Waals surface area contributed by atoms with Crippen LogP contribution in [0, 0.1) is 6.92 Å². The van der Waals surface area contributed by atoms with E-state index in [0.29, 0.717) is 19.3 Å². The number of hydrogen-bond donors (Lipinski definition) is 1. The summed E-state index contributed by atoms with van der Waals surface area (Å²) in [6, 6.07) is 6.69. The normalized spacial score (nSPS) is 16.3. The summed E-state index contributed by atoms with van der Waals surface area (Å²) in [5, 5.41) is 0. The van der Waals surface area contributed by atoms with E-state index in [4.69, 9.17) is 0 Å². The van der Waals surface area contributed by atoms with Crippen molar-refractivity contribution in [2.24, 2.45) is 0 Å². The molecule has 0 unspecified atom stereocenters. The molecule has 0 aliphatic heterocycles. The van der Waals surface area contributed by atoms with Crippen molar-refractivity contribution in [3.63, 3.8) is 0 Å². The van der Waals surface area contributed by atoms with Crippen LogP contribution in [0.2, 0.25) is 0 Å². The zero-order chi connectivity index (χ0) is 13.9. The molecule has 0 amide bonds. The quantitative estimate of drug-likeness (QED) is 0.857. The van der Waals surface area contributed by atoms with Gasteiger partial charge in [-0.1, -0.05) is 29.3 Å². The number of sulfonamides is 1. The monoisotopic (exact) mass is 279 g/mol. The van der Waals surface area contributed by atoms with Crippen molar-refractivity contribution in [2.45, 2.75) is 31.1 Å².